The molecular weight excluding hydrogens is 255 g/mol. The molecule has 0 spiro atoms. The highest BCUT2D eigenvalue weighted by Gasteiger charge is 2.13. The molecule has 3 nitrogen and oxygen atoms in total. The lowest BCUT2D eigenvalue weighted by atomic mass is 10.2. The molecule has 0 bridgehead atoms. The minimum atomic E-state index is -1.49. The number of halogens is 3. The molecule has 0 fully saturated rings. The van der Waals surface area contributed by atoms with Gasteiger partial charge in [-0.1, -0.05) is 0 Å². The molecule has 2 aromatic carbocycles. The van der Waals surface area contributed by atoms with E-state index >= 15 is 0 Å². The van der Waals surface area contributed by atoms with Crippen LogP contribution in [0, 0.1) is 17.5 Å². The van der Waals surface area contributed by atoms with Crippen LogP contribution in [0.4, 0.5) is 18.9 Å². The molecule has 0 aliphatic rings. The first kappa shape index (κ1) is 11.6. The quantitative estimate of drug-likeness (QED) is 0.541. The van der Waals surface area contributed by atoms with Crippen molar-refractivity contribution in [3.05, 3.63) is 54.1 Å². The van der Waals surface area contributed by atoms with Gasteiger partial charge in [0, 0.05) is 17.8 Å². The van der Waals surface area contributed by atoms with E-state index in [-0.39, 0.29) is 5.69 Å². The molecule has 0 saturated carbocycles. The molecule has 2 N–H and O–H groups in total. The van der Waals surface area contributed by atoms with Crippen molar-refractivity contribution in [2.24, 2.45) is 0 Å². The number of nitrogens with zero attached hydrogens (tertiary/aromatic N) is 2. The molecule has 6 heteroatoms. The number of benzene rings is 2. The molecule has 0 unspecified atom stereocenters. The summed E-state index contributed by atoms with van der Waals surface area (Å²) in [5.41, 5.74) is 7.53. The van der Waals surface area contributed by atoms with Gasteiger partial charge in [-0.3, -0.25) is 4.57 Å². The number of aromatic nitrogens is 2. The Morgan fingerprint density at radius 3 is 2.37 bits per heavy atom. The summed E-state index contributed by atoms with van der Waals surface area (Å²) in [5, 5.41) is 0. The summed E-state index contributed by atoms with van der Waals surface area (Å²) in [7, 11) is 0. The predicted molar refractivity (Wildman–Crippen MR) is 65.4 cm³/mol. The van der Waals surface area contributed by atoms with Gasteiger partial charge in [0.05, 0.1) is 16.7 Å². The van der Waals surface area contributed by atoms with Crippen molar-refractivity contribution < 1.29 is 13.2 Å². The van der Waals surface area contributed by atoms with Crippen LogP contribution in [0.5, 0.6) is 0 Å². The first-order valence-corrected chi connectivity index (χ1v) is 5.44. The predicted octanol–water partition coefficient (Wildman–Crippen LogP) is 3.03. The fourth-order valence-corrected chi connectivity index (χ4v) is 1.92. The van der Waals surface area contributed by atoms with Gasteiger partial charge in [0.25, 0.3) is 0 Å². The highest BCUT2D eigenvalue weighted by molar-refractivity contribution is 5.80. The second-order valence-corrected chi connectivity index (χ2v) is 4.09. The number of hydrogen-bond acceptors (Lipinski definition) is 2. The zero-order valence-electron chi connectivity index (χ0n) is 9.57. The molecule has 0 atom stereocenters. The fraction of sp³-hybridized carbons (Fsp3) is 0. The van der Waals surface area contributed by atoms with Crippen LogP contribution in [0.2, 0.25) is 0 Å². The molecule has 0 radical (unpaired) electrons. The number of hydrogen-bond donors (Lipinski definition) is 1. The van der Waals surface area contributed by atoms with Crippen molar-refractivity contribution in [2.75, 3.05) is 5.73 Å². The van der Waals surface area contributed by atoms with Crippen LogP contribution in [-0.2, 0) is 0 Å². The Hall–Kier alpha value is -2.50. The maximum Gasteiger partial charge on any atom is 0.194 e. The molecule has 0 aliphatic heterocycles. The summed E-state index contributed by atoms with van der Waals surface area (Å²) in [5.74, 6) is -3.97. The summed E-state index contributed by atoms with van der Waals surface area (Å²) in [4.78, 5) is 4.08. The van der Waals surface area contributed by atoms with E-state index in [0.29, 0.717) is 16.7 Å². The van der Waals surface area contributed by atoms with Gasteiger partial charge in [-0.2, -0.15) is 0 Å². The SMILES string of the molecule is Nc1ccc2c(c1)ncn2-c1cc(F)c(F)c(F)c1. The molecule has 3 rings (SSSR count). The molecular formula is C13H8F3N3. The molecule has 3 aromatic rings. The molecule has 1 heterocycles. The van der Waals surface area contributed by atoms with Crippen LogP contribution in [0.25, 0.3) is 16.7 Å². The molecule has 1 aromatic heterocycles. The Labute approximate surface area is 106 Å². The van der Waals surface area contributed by atoms with Crippen molar-refractivity contribution in [3.63, 3.8) is 0 Å². The average molecular weight is 263 g/mol. The van der Waals surface area contributed by atoms with E-state index in [1.165, 1.54) is 10.9 Å². The highest BCUT2D eigenvalue weighted by atomic mass is 19.2. The van der Waals surface area contributed by atoms with E-state index in [4.69, 9.17) is 5.73 Å². The minimum Gasteiger partial charge on any atom is -0.399 e. The highest BCUT2D eigenvalue weighted by Crippen LogP contribution is 2.22. The van der Waals surface area contributed by atoms with Gasteiger partial charge >= 0.3 is 0 Å². The summed E-state index contributed by atoms with van der Waals surface area (Å²) in [6.07, 6.45) is 1.40. The maximum absolute atomic E-state index is 13.2. The van der Waals surface area contributed by atoms with E-state index in [2.05, 4.69) is 4.98 Å². The number of nitrogen functional groups attached to an aromatic ring is 1. The van der Waals surface area contributed by atoms with E-state index < -0.39 is 17.5 Å². The lowest BCUT2D eigenvalue weighted by Crippen LogP contribution is -1.98. The van der Waals surface area contributed by atoms with Gasteiger partial charge in [0.2, 0.25) is 0 Å². The monoisotopic (exact) mass is 263 g/mol. The summed E-state index contributed by atoms with van der Waals surface area (Å²) in [6, 6.07) is 6.79. The standard InChI is InChI=1S/C13H8F3N3/c14-9-4-8(5-10(15)13(9)16)19-6-18-11-3-7(17)1-2-12(11)19/h1-6H,17H2. The Morgan fingerprint density at radius 1 is 1.00 bits per heavy atom. The van der Waals surface area contributed by atoms with E-state index in [1.54, 1.807) is 18.2 Å². The van der Waals surface area contributed by atoms with Crippen LogP contribution in [0.15, 0.2) is 36.7 Å². The second kappa shape index (κ2) is 4.01. The first-order valence-electron chi connectivity index (χ1n) is 5.44. The van der Waals surface area contributed by atoms with E-state index in [1.807, 2.05) is 0 Å². The molecule has 0 aliphatic carbocycles. The smallest absolute Gasteiger partial charge is 0.194 e. The third-order valence-corrected chi connectivity index (χ3v) is 2.82. The van der Waals surface area contributed by atoms with Gasteiger partial charge in [0.15, 0.2) is 17.5 Å². The molecule has 96 valence electrons. The van der Waals surface area contributed by atoms with Crippen molar-refractivity contribution >= 4 is 16.7 Å². The largest absolute Gasteiger partial charge is 0.399 e. The number of fused-ring (bicyclic) bond motifs is 1. The first-order chi connectivity index (χ1) is 9.06. The van der Waals surface area contributed by atoms with Gasteiger partial charge in [-0.25, -0.2) is 18.2 Å². The van der Waals surface area contributed by atoms with Crippen LogP contribution in [-0.4, -0.2) is 9.55 Å². The molecule has 0 amide bonds. The third kappa shape index (κ3) is 1.81. The summed E-state index contributed by atoms with van der Waals surface area (Å²) in [6.45, 7) is 0. The number of rotatable bonds is 1. The average Bonchev–Trinajstić information content (AvgIpc) is 2.78. The van der Waals surface area contributed by atoms with Gasteiger partial charge in [0.1, 0.15) is 6.33 Å². The fourth-order valence-electron chi connectivity index (χ4n) is 1.92. The lowest BCUT2D eigenvalue weighted by Gasteiger charge is -2.06. The van der Waals surface area contributed by atoms with Crippen LogP contribution >= 0.6 is 0 Å². The zero-order chi connectivity index (χ0) is 13.6. The topological polar surface area (TPSA) is 43.8 Å². The Balaban J connectivity index is 2.25. The summed E-state index contributed by atoms with van der Waals surface area (Å²) >= 11 is 0. The van der Waals surface area contributed by atoms with Crippen LogP contribution in [0.3, 0.4) is 0 Å². The Kier molecular flexibility index (Phi) is 2.45. The normalized spacial score (nSPS) is 11.1. The van der Waals surface area contributed by atoms with E-state index in [9.17, 15) is 13.2 Å². The van der Waals surface area contributed by atoms with Gasteiger partial charge in [-0.15, -0.1) is 0 Å². The second-order valence-electron chi connectivity index (χ2n) is 4.09. The number of nitrogens with two attached hydrogens (primary N) is 1. The van der Waals surface area contributed by atoms with Gasteiger partial charge < -0.3 is 5.73 Å². The van der Waals surface area contributed by atoms with Crippen LogP contribution in [0.1, 0.15) is 0 Å². The lowest BCUT2D eigenvalue weighted by molar-refractivity contribution is 0.446. The Morgan fingerprint density at radius 2 is 1.68 bits per heavy atom. The summed E-state index contributed by atoms with van der Waals surface area (Å²) < 4.78 is 40.8. The molecule has 19 heavy (non-hydrogen) atoms. The number of anilines is 1. The Bertz CT molecular complexity index is 757. The zero-order valence-corrected chi connectivity index (χ0v) is 9.57. The molecule has 0 saturated heterocycles. The van der Waals surface area contributed by atoms with Crippen molar-refractivity contribution in [1.82, 2.24) is 9.55 Å². The third-order valence-electron chi connectivity index (χ3n) is 2.82. The number of imidazole rings is 1. The maximum atomic E-state index is 13.2. The minimum absolute atomic E-state index is 0.156. The van der Waals surface area contributed by atoms with Crippen molar-refractivity contribution in [1.29, 1.82) is 0 Å². The van der Waals surface area contributed by atoms with Crippen molar-refractivity contribution in [3.8, 4) is 5.69 Å². The van der Waals surface area contributed by atoms with E-state index in [0.717, 1.165) is 12.1 Å². The van der Waals surface area contributed by atoms with Gasteiger partial charge in [-0.05, 0) is 18.2 Å². The van der Waals surface area contributed by atoms with Crippen molar-refractivity contribution in [2.45, 2.75) is 0 Å². The van der Waals surface area contributed by atoms with Crippen LogP contribution < -0.4 is 5.73 Å².